The molecule has 3 rings (SSSR count). The molecule has 1 aliphatic rings. The summed E-state index contributed by atoms with van der Waals surface area (Å²) in [6.07, 6.45) is 4.12. The number of likely N-dealkylation sites (tertiary alicyclic amines) is 1. The number of piperidine rings is 1. The van der Waals surface area contributed by atoms with Crippen molar-refractivity contribution in [3.63, 3.8) is 0 Å². The van der Waals surface area contributed by atoms with Gasteiger partial charge in [-0.25, -0.2) is 9.97 Å². The first-order valence-electron chi connectivity index (χ1n) is 8.99. The van der Waals surface area contributed by atoms with Crippen LogP contribution in [0.15, 0.2) is 36.5 Å². The third kappa shape index (κ3) is 4.63. The van der Waals surface area contributed by atoms with Crippen molar-refractivity contribution in [1.29, 1.82) is 0 Å². The van der Waals surface area contributed by atoms with Gasteiger partial charge in [-0.05, 0) is 44.7 Å². The number of hydrogen-bond acceptors (Lipinski definition) is 5. The lowest BCUT2D eigenvalue weighted by atomic mass is 9.91. The van der Waals surface area contributed by atoms with Crippen LogP contribution in [0.5, 0.6) is 0 Å². The maximum atomic E-state index is 11.4. The van der Waals surface area contributed by atoms with Crippen LogP contribution >= 0.6 is 0 Å². The molecule has 1 aliphatic heterocycles. The molecule has 1 saturated heterocycles. The van der Waals surface area contributed by atoms with Crippen molar-refractivity contribution in [3.05, 3.63) is 53.3 Å². The molecule has 1 unspecified atom stereocenters. The highest BCUT2D eigenvalue weighted by Gasteiger charge is 2.20. The lowest BCUT2D eigenvalue weighted by Gasteiger charge is -2.33. The summed E-state index contributed by atoms with van der Waals surface area (Å²) >= 11 is 0. The van der Waals surface area contributed by atoms with Crippen LogP contribution in [0.3, 0.4) is 0 Å². The minimum absolute atomic E-state index is 0.00400. The Bertz CT molecular complexity index is 717. The normalized spacial score (nSPS) is 18.1. The fraction of sp³-hybridized carbons (Fsp3) is 0.450. The van der Waals surface area contributed by atoms with Crippen molar-refractivity contribution in [2.45, 2.75) is 32.6 Å². The minimum Gasteiger partial charge on any atom is -0.353 e. The Hall–Kier alpha value is -2.27. The number of ketones is 1. The number of aromatic nitrogens is 2. The van der Waals surface area contributed by atoms with Gasteiger partial charge in [0.2, 0.25) is 5.95 Å². The van der Waals surface area contributed by atoms with E-state index in [1.807, 2.05) is 6.92 Å². The van der Waals surface area contributed by atoms with E-state index in [-0.39, 0.29) is 5.78 Å². The van der Waals surface area contributed by atoms with Gasteiger partial charge in [0.15, 0.2) is 5.78 Å². The van der Waals surface area contributed by atoms with Crippen LogP contribution in [-0.4, -0.2) is 46.8 Å². The fourth-order valence-corrected chi connectivity index (χ4v) is 3.48. The van der Waals surface area contributed by atoms with Crippen molar-refractivity contribution in [3.8, 4) is 0 Å². The van der Waals surface area contributed by atoms with Gasteiger partial charge in [0, 0.05) is 25.8 Å². The largest absolute Gasteiger partial charge is 0.353 e. The number of Topliss-reactive ketones (excluding diaryl/α,β-unsaturated/α-hetero) is 1. The Morgan fingerprint density at radius 3 is 2.84 bits per heavy atom. The predicted molar refractivity (Wildman–Crippen MR) is 100 cm³/mol. The monoisotopic (exact) mass is 338 g/mol. The quantitative estimate of drug-likeness (QED) is 0.819. The van der Waals surface area contributed by atoms with E-state index in [0.29, 0.717) is 17.4 Å². The van der Waals surface area contributed by atoms with E-state index < -0.39 is 0 Å². The molecule has 0 bridgehead atoms. The predicted octanol–water partition coefficient (Wildman–Crippen LogP) is 3.28. The molecule has 0 spiro atoms. The van der Waals surface area contributed by atoms with Gasteiger partial charge in [0.1, 0.15) is 0 Å². The van der Waals surface area contributed by atoms with Gasteiger partial charge in [0.05, 0.1) is 11.3 Å². The summed E-state index contributed by atoms with van der Waals surface area (Å²) in [4.78, 5) is 22.6. The van der Waals surface area contributed by atoms with E-state index in [0.717, 1.165) is 31.9 Å². The number of carbonyl (C=O) groups excluding carboxylic acids is 1. The number of hydrogen-bond donors (Lipinski definition) is 1. The van der Waals surface area contributed by atoms with Crippen LogP contribution in [0, 0.1) is 6.92 Å². The highest BCUT2D eigenvalue weighted by molar-refractivity contribution is 5.94. The lowest BCUT2D eigenvalue weighted by Crippen LogP contribution is -2.37. The number of nitrogens with one attached hydrogen (secondary N) is 1. The van der Waals surface area contributed by atoms with Crippen LogP contribution in [0.4, 0.5) is 5.95 Å². The van der Waals surface area contributed by atoms with Gasteiger partial charge >= 0.3 is 0 Å². The summed E-state index contributed by atoms with van der Waals surface area (Å²) in [5, 5.41) is 3.28. The number of aryl methyl sites for hydroxylation is 1. The van der Waals surface area contributed by atoms with Crippen LogP contribution in [-0.2, 0) is 0 Å². The topological polar surface area (TPSA) is 58.1 Å². The molecule has 1 aromatic heterocycles. The summed E-state index contributed by atoms with van der Waals surface area (Å²) in [6, 6.07) is 10.8. The Kier molecular flexibility index (Phi) is 5.76. The van der Waals surface area contributed by atoms with Gasteiger partial charge < -0.3 is 10.2 Å². The molecule has 5 nitrogen and oxygen atoms in total. The molecule has 1 atom stereocenters. The van der Waals surface area contributed by atoms with Crippen LogP contribution in [0.1, 0.15) is 47.3 Å². The van der Waals surface area contributed by atoms with E-state index in [2.05, 4.69) is 50.5 Å². The van der Waals surface area contributed by atoms with Crippen molar-refractivity contribution < 1.29 is 4.79 Å². The number of rotatable bonds is 6. The summed E-state index contributed by atoms with van der Waals surface area (Å²) in [5.74, 6) is 1.23. The average Bonchev–Trinajstić information content (AvgIpc) is 2.62. The number of nitrogens with zero attached hydrogens (tertiary/aromatic N) is 3. The van der Waals surface area contributed by atoms with Crippen molar-refractivity contribution in [1.82, 2.24) is 14.9 Å². The minimum atomic E-state index is 0.00400. The molecule has 2 aromatic rings. The zero-order valence-corrected chi connectivity index (χ0v) is 15.0. The van der Waals surface area contributed by atoms with E-state index in [1.54, 1.807) is 6.20 Å². The summed E-state index contributed by atoms with van der Waals surface area (Å²) in [7, 11) is 0. The first kappa shape index (κ1) is 17.5. The Balaban J connectivity index is 1.50. The van der Waals surface area contributed by atoms with E-state index >= 15 is 0 Å². The molecular formula is C20H26N4O. The zero-order chi connectivity index (χ0) is 17.6. The van der Waals surface area contributed by atoms with Crippen LogP contribution < -0.4 is 5.32 Å². The van der Waals surface area contributed by atoms with Crippen LogP contribution in [0.2, 0.25) is 0 Å². The Morgan fingerprint density at radius 1 is 1.32 bits per heavy atom. The standard InChI is InChI=1S/C20H26N4O/c1-15-19(16(2)25)13-22-20(23-15)21-10-12-24-11-6-9-18(14-24)17-7-4-3-5-8-17/h3-5,7-8,13,18H,6,9-12,14H2,1-2H3,(H,21,22,23). The maximum absolute atomic E-state index is 11.4. The third-order valence-corrected chi connectivity index (χ3v) is 4.85. The summed E-state index contributed by atoms with van der Waals surface area (Å²) in [6.45, 7) is 7.42. The SMILES string of the molecule is CC(=O)c1cnc(NCCN2CCCC(c3ccccc3)C2)nc1C. The second kappa shape index (κ2) is 8.21. The van der Waals surface area contributed by atoms with E-state index in [1.165, 1.54) is 25.3 Å². The van der Waals surface area contributed by atoms with Gasteiger partial charge in [-0.3, -0.25) is 4.79 Å². The second-order valence-electron chi connectivity index (χ2n) is 6.73. The molecule has 1 fully saturated rings. The molecule has 0 saturated carbocycles. The van der Waals surface area contributed by atoms with Gasteiger partial charge in [0.25, 0.3) is 0 Å². The second-order valence-corrected chi connectivity index (χ2v) is 6.73. The summed E-state index contributed by atoms with van der Waals surface area (Å²) < 4.78 is 0. The molecule has 5 heteroatoms. The Morgan fingerprint density at radius 2 is 2.12 bits per heavy atom. The molecule has 1 aromatic carbocycles. The van der Waals surface area contributed by atoms with Crippen molar-refractivity contribution >= 4 is 11.7 Å². The van der Waals surface area contributed by atoms with Gasteiger partial charge in [-0.15, -0.1) is 0 Å². The van der Waals surface area contributed by atoms with E-state index in [9.17, 15) is 4.79 Å². The van der Waals surface area contributed by atoms with Crippen molar-refractivity contribution in [2.24, 2.45) is 0 Å². The first-order valence-corrected chi connectivity index (χ1v) is 8.99. The molecule has 132 valence electrons. The fourth-order valence-electron chi connectivity index (χ4n) is 3.48. The number of benzene rings is 1. The number of anilines is 1. The van der Waals surface area contributed by atoms with E-state index in [4.69, 9.17) is 0 Å². The molecule has 2 heterocycles. The first-order chi connectivity index (χ1) is 12.1. The third-order valence-electron chi connectivity index (χ3n) is 4.85. The highest BCUT2D eigenvalue weighted by atomic mass is 16.1. The zero-order valence-electron chi connectivity index (χ0n) is 15.0. The maximum Gasteiger partial charge on any atom is 0.222 e. The van der Waals surface area contributed by atoms with Crippen LogP contribution in [0.25, 0.3) is 0 Å². The summed E-state index contributed by atoms with van der Waals surface area (Å²) in [5.41, 5.74) is 2.76. The van der Waals surface area contributed by atoms with Gasteiger partial charge in [-0.2, -0.15) is 0 Å². The molecule has 0 aliphatic carbocycles. The average molecular weight is 338 g/mol. The molecular weight excluding hydrogens is 312 g/mol. The van der Waals surface area contributed by atoms with Crippen molar-refractivity contribution in [2.75, 3.05) is 31.5 Å². The smallest absolute Gasteiger partial charge is 0.222 e. The Labute approximate surface area is 149 Å². The number of carbonyl (C=O) groups is 1. The van der Waals surface area contributed by atoms with Gasteiger partial charge in [-0.1, -0.05) is 30.3 Å². The molecule has 25 heavy (non-hydrogen) atoms. The molecule has 0 amide bonds. The molecule has 1 N–H and O–H groups in total. The molecule has 0 radical (unpaired) electrons. The highest BCUT2D eigenvalue weighted by Crippen LogP contribution is 2.26. The lowest BCUT2D eigenvalue weighted by molar-refractivity contribution is 0.101.